The van der Waals surface area contributed by atoms with Crippen molar-refractivity contribution in [2.45, 2.75) is 4.34 Å². The number of carbonyl (C=O) groups excluding carboxylic acids is 1. The average molecular weight is 322 g/mol. The summed E-state index contributed by atoms with van der Waals surface area (Å²) >= 11 is 2.18. The number of aliphatic carboxylic acids is 1. The molecule has 2 rings (SSSR count). The predicted octanol–water partition coefficient (Wildman–Crippen LogP) is 1.76. The molecule has 2 heterocycles. The zero-order valence-electron chi connectivity index (χ0n) is 10.6. The Morgan fingerprint density at radius 1 is 1.43 bits per heavy atom. The molecule has 0 spiro atoms. The summed E-state index contributed by atoms with van der Waals surface area (Å²) < 4.78 is 0.490. The number of thioether (sulfide) groups is 1. The van der Waals surface area contributed by atoms with E-state index in [-0.39, 0.29) is 11.7 Å². The second kappa shape index (κ2) is 7.50. The van der Waals surface area contributed by atoms with Gasteiger partial charge in [0.1, 0.15) is 0 Å². The summed E-state index contributed by atoms with van der Waals surface area (Å²) in [4.78, 5) is 26.0. The largest absolute Gasteiger partial charge is 0.481 e. The van der Waals surface area contributed by atoms with Gasteiger partial charge in [0.15, 0.2) is 4.34 Å². The summed E-state index contributed by atoms with van der Waals surface area (Å²) in [5, 5.41) is 19.0. The van der Waals surface area contributed by atoms with Crippen LogP contribution in [-0.4, -0.2) is 37.9 Å². The lowest BCUT2D eigenvalue weighted by atomic mass is 10.2. The summed E-state index contributed by atoms with van der Waals surface area (Å²) in [6, 6.07) is 3.59. The topological polar surface area (TPSA) is 105 Å². The van der Waals surface area contributed by atoms with Crippen LogP contribution < -0.4 is 5.32 Å². The van der Waals surface area contributed by atoms with Crippen LogP contribution in [-0.2, 0) is 9.59 Å². The van der Waals surface area contributed by atoms with Crippen molar-refractivity contribution in [2.24, 2.45) is 0 Å². The third-order valence-electron chi connectivity index (χ3n) is 2.07. The molecule has 2 aromatic heterocycles. The minimum atomic E-state index is -0.930. The molecule has 0 bridgehead atoms. The molecule has 2 aromatic rings. The van der Waals surface area contributed by atoms with Crippen molar-refractivity contribution in [3.8, 4) is 0 Å². The van der Waals surface area contributed by atoms with Gasteiger partial charge in [0, 0.05) is 18.5 Å². The van der Waals surface area contributed by atoms with Gasteiger partial charge in [0.05, 0.1) is 5.75 Å². The van der Waals surface area contributed by atoms with E-state index in [9.17, 15) is 9.59 Å². The number of hydrogen-bond acceptors (Lipinski definition) is 7. The summed E-state index contributed by atoms with van der Waals surface area (Å²) in [7, 11) is 0. The number of carbonyl (C=O) groups is 2. The molecule has 1 amide bonds. The highest BCUT2D eigenvalue weighted by Crippen LogP contribution is 2.25. The van der Waals surface area contributed by atoms with Crippen LogP contribution in [0.4, 0.5) is 5.13 Å². The molecule has 108 valence electrons. The van der Waals surface area contributed by atoms with E-state index in [0.29, 0.717) is 9.47 Å². The van der Waals surface area contributed by atoms with Gasteiger partial charge < -0.3 is 5.11 Å². The van der Waals surface area contributed by atoms with Crippen molar-refractivity contribution in [3.63, 3.8) is 0 Å². The monoisotopic (exact) mass is 322 g/mol. The van der Waals surface area contributed by atoms with Crippen molar-refractivity contribution in [3.05, 3.63) is 36.2 Å². The van der Waals surface area contributed by atoms with Gasteiger partial charge >= 0.3 is 5.97 Å². The van der Waals surface area contributed by atoms with Crippen LogP contribution in [0.5, 0.6) is 0 Å². The number of carboxylic acid groups (broad SMARTS) is 1. The Morgan fingerprint density at radius 2 is 2.29 bits per heavy atom. The molecule has 0 aliphatic carbocycles. The molecule has 0 radical (unpaired) electrons. The zero-order valence-corrected chi connectivity index (χ0v) is 12.2. The number of nitrogens with zero attached hydrogens (tertiary/aromatic N) is 3. The van der Waals surface area contributed by atoms with Gasteiger partial charge in [-0.25, -0.2) is 0 Å². The normalized spacial score (nSPS) is 10.7. The Morgan fingerprint density at radius 3 is 3.00 bits per heavy atom. The Labute approximate surface area is 128 Å². The molecule has 0 fully saturated rings. The number of nitrogens with one attached hydrogen (secondary N) is 1. The molecule has 0 aliphatic rings. The zero-order chi connectivity index (χ0) is 15.1. The van der Waals surface area contributed by atoms with Crippen molar-refractivity contribution >= 4 is 46.2 Å². The number of hydrogen-bond donors (Lipinski definition) is 2. The molecule has 0 atom stereocenters. The lowest BCUT2D eigenvalue weighted by molar-refractivity contribution is -0.133. The fraction of sp³-hybridized carbons (Fsp3) is 0.0833. The van der Waals surface area contributed by atoms with Crippen LogP contribution >= 0.6 is 23.1 Å². The Bertz CT molecular complexity index is 658. The van der Waals surface area contributed by atoms with Gasteiger partial charge in [-0.1, -0.05) is 29.2 Å². The van der Waals surface area contributed by atoms with Crippen LogP contribution in [0.2, 0.25) is 0 Å². The third-order valence-corrected chi connectivity index (χ3v) is 4.02. The summed E-state index contributed by atoms with van der Waals surface area (Å²) in [5.41, 5.74) is 0.808. The Kier molecular flexibility index (Phi) is 5.41. The minimum Gasteiger partial charge on any atom is -0.481 e. The van der Waals surface area contributed by atoms with E-state index in [1.54, 1.807) is 24.5 Å². The molecule has 0 unspecified atom stereocenters. The number of anilines is 1. The smallest absolute Gasteiger partial charge is 0.313 e. The van der Waals surface area contributed by atoms with Crippen LogP contribution in [0.25, 0.3) is 6.08 Å². The van der Waals surface area contributed by atoms with Crippen LogP contribution in [0.3, 0.4) is 0 Å². The van der Waals surface area contributed by atoms with Crippen LogP contribution in [0.1, 0.15) is 5.56 Å². The molecule has 2 N–H and O–H groups in total. The first-order valence-corrected chi connectivity index (χ1v) is 7.51. The molecule has 7 nitrogen and oxygen atoms in total. The maximum atomic E-state index is 11.7. The Balaban J connectivity index is 1.88. The van der Waals surface area contributed by atoms with Crippen molar-refractivity contribution in [1.29, 1.82) is 0 Å². The number of amides is 1. The number of pyridine rings is 1. The van der Waals surface area contributed by atoms with E-state index < -0.39 is 5.97 Å². The predicted molar refractivity (Wildman–Crippen MR) is 80.2 cm³/mol. The first-order chi connectivity index (χ1) is 10.1. The van der Waals surface area contributed by atoms with Crippen molar-refractivity contribution < 1.29 is 14.7 Å². The van der Waals surface area contributed by atoms with E-state index in [0.717, 1.165) is 28.7 Å². The lowest BCUT2D eigenvalue weighted by Gasteiger charge is -1.94. The van der Waals surface area contributed by atoms with Gasteiger partial charge in [-0.3, -0.25) is 19.9 Å². The van der Waals surface area contributed by atoms with E-state index in [2.05, 4.69) is 20.5 Å². The van der Waals surface area contributed by atoms with E-state index >= 15 is 0 Å². The molecule has 0 saturated heterocycles. The maximum absolute atomic E-state index is 11.7. The number of carboxylic acids is 1. The minimum absolute atomic E-state index is 0.0938. The Hall–Kier alpha value is -2.26. The molecule has 0 saturated carbocycles. The summed E-state index contributed by atoms with van der Waals surface area (Å²) in [6.07, 6.45) is 6.27. The fourth-order valence-corrected chi connectivity index (χ4v) is 2.71. The van der Waals surface area contributed by atoms with Crippen LogP contribution in [0.15, 0.2) is 34.9 Å². The first kappa shape index (κ1) is 15.1. The highest BCUT2D eigenvalue weighted by molar-refractivity contribution is 8.01. The molecule has 21 heavy (non-hydrogen) atoms. The molecule has 0 aliphatic heterocycles. The summed E-state index contributed by atoms with van der Waals surface area (Å²) in [6.45, 7) is 0. The van der Waals surface area contributed by atoms with Gasteiger partial charge in [-0.15, -0.1) is 10.2 Å². The van der Waals surface area contributed by atoms with Gasteiger partial charge in [-0.2, -0.15) is 0 Å². The van der Waals surface area contributed by atoms with Gasteiger partial charge in [-0.05, 0) is 17.7 Å². The van der Waals surface area contributed by atoms with Crippen LogP contribution in [0, 0.1) is 0 Å². The van der Waals surface area contributed by atoms with E-state index in [4.69, 9.17) is 5.11 Å². The standard InChI is InChI=1S/C12H10N4O3S2/c17-9(4-3-8-2-1-5-13-6-8)14-11-15-16-12(21-11)20-7-10(18)19/h1-6H,7H2,(H,18,19)(H,14,15,17)/b4-3+. The van der Waals surface area contributed by atoms with Gasteiger partial charge in [0.2, 0.25) is 11.0 Å². The second-order valence-corrected chi connectivity index (χ2v) is 5.86. The van der Waals surface area contributed by atoms with Crippen molar-refractivity contribution in [1.82, 2.24) is 15.2 Å². The maximum Gasteiger partial charge on any atom is 0.313 e. The number of rotatable bonds is 6. The summed E-state index contributed by atoms with van der Waals surface area (Å²) in [5.74, 6) is -1.37. The van der Waals surface area contributed by atoms with Gasteiger partial charge in [0.25, 0.3) is 0 Å². The second-order valence-electron chi connectivity index (χ2n) is 3.66. The number of aromatic nitrogens is 3. The van der Waals surface area contributed by atoms with E-state index in [1.165, 1.54) is 6.08 Å². The highest BCUT2D eigenvalue weighted by atomic mass is 32.2. The third kappa shape index (κ3) is 5.32. The lowest BCUT2D eigenvalue weighted by Crippen LogP contribution is -2.07. The fourth-order valence-electron chi connectivity index (χ4n) is 1.24. The SMILES string of the molecule is O=C(O)CSc1nnc(NC(=O)/C=C/c2cccnc2)s1. The van der Waals surface area contributed by atoms with E-state index in [1.807, 2.05) is 6.07 Å². The quantitative estimate of drug-likeness (QED) is 0.474. The molecule has 9 heteroatoms. The molecular formula is C12H10N4O3S2. The van der Waals surface area contributed by atoms with Crippen molar-refractivity contribution in [2.75, 3.05) is 11.1 Å². The molecular weight excluding hydrogens is 312 g/mol. The first-order valence-electron chi connectivity index (χ1n) is 5.70. The molecule has 0 aromatic carbocycles. The average Bonchev–Trinajstić information content (AvgIpc) is 2.91. The highest BCUT2D eigenvalue weighted by Gasteiger charge is 2.08.